The van der Waals surface area contributed by atoms with Crippen molar-refractivity contribution in [2.24, 2.45) is 0 Å². The topological polar surface area (TPSA) is 38.3 Å². The number of hydrogen-bond acceptors (Lipinski definition) is 2. The summed E-state index contributed by atoms with van der Waals surface area (Å²) in [5.41, 5.74) is 1.35. The average Bonchev–Trinajstić information content (AvgIpc) is 2.61. The van der Waals surface area contributed by atoms with E-state index >= 15 is 0 Å². The largest absolute Gasteiger partial charge is 0.481 e. The quantitative estimate of drug-likeness (QED) is 0.711. The monoisotopic (exact) mass is 311 g/mol. The summed E-state index contributed by atoms with van der Waals surface area (Å²) >= 11 is 0. The second-order valence-electron chi connectivity index (χ2n) is 5.56. The molecule has 0 aliphatic carbocycles. The molecule has 0 fully saturated rings. The summed E-state index contributed by atoms with van der Waals surface area (Å²) in [4.78, 5) is 12.2. The zero-order valence-corrected chi connectivity index (χ0v) is 13.7. The van der Waals surface area contributed by atoms with Crippen molar-refractivity contribution >= 4 is 5.91 Å². The number of rotatable bonds is 9. The van der Waals surface area contributed by atoms with Crippen LogP contribution in [0.4, 0.5) is 0 Å². The van der Waals surface area contributed by atoms with Crippen molar-refractivity contribution in [2.45, 2.75) is 38.7 Å². The van der Waals surface area contributed by atoms with Gasteiger partial charge in [-0.25, -0.2) is 0 Å². The predicted molar refractivity (Wildman–Crippen MR) is 93.5 cm³/mol. The van der Waals surface area contributed by atoms with Crippen LogP contribution in [0.1, 0.15) is 31.7 Å². The van der Waals surface area contributed by atoms with Crippen molar-refractivity contribution in [1.29, 1.82) is 0 Å². The van der Waals surface area contributed by atoms with Gasteiger partial charge in [0.15, 0.2) is 6.10 Å². The third-order valence-electron chi connectivity index (χ3n) is 3.72. The van der Waals surface area contributed by atoms with Crippen molar-refractivity contribution in [3.05, 3.63) is 66.2 Å². The van der Waals surface area contributed by atoms with Gasteiger partial charge < -0.3 is 10.1 Å². The first-order valence-electron chi connectivity index (χ1n) is 8.33. The fourth-order valence-electron chi connectivity index (χ4n) is 2.41. The lowest BCUT2D eigenvalue weighted by Gasteiger charge is -2.17. The fourth-order valence-corrected chi connectivity index (χ4v) is 2.41. The Labute approximate surface area is 138 Å². The Balaban J connectivity index is 1.66. The molecule has 2 aromatic rings. The first-order valence-corrected chi connectivity index (χ1v) is 8.33. The molecule has 0 saturated carbocycles. The molecule has 0 aliphatic rings. The normalized spacial score (nSPS) is 11.7. The molecule has 0 heterocycles. The molecule has 1 amide bonds. The molecule has 1 N–H and O–H groups in total. The third kappa shape index (κ3) is 6.15. The van der Waals surface area contributed by atoms with E-state index in [0.717, 1.165) is 25.0 Å². The standard InChI is InChI=1S/C20H25NO2/c1-2-19(23-18-14-7-4-8-15-18)20(22)21-16-10-9-13-17-11-5-3-6-12-17/h3-8,11-12,14-15,19H,2,9-10,13,16H2,1H3,(H,21,22). The van der Waals surface area contributed by atoms with Crippen LogP contribution in [0.25, 0.3) is 0 Å². The number of nitrogens with one attached hydrogen (secondary N) is 1. The minimum atomic E-state index is -0.425. The van der Waals surface area contributed by atoms with Crippen molar-refractivity contribution in [3.63, 3.8) is 0 Å². The molecule has 1 atom stereocenters. The lowest BCUT2D eigenvalue weighted by atomic mass is 10.1. The third-order valence-corrected chi connectivity index (χ3v) is 3.72. The lowest BCUT2D eigenvalue weighted by molar-refractivity contribution is -0.128. The van der Waals surface area contributed by atoms with Gasteiger partial charge in [0.05, 0.1) is 0 Å². The Kier molecular flexibility index (Phi) is 7.18. The highest BCUT2D eigenvalue weighted by Gasteiger charge is 2.17. The Bertz CT molecular complexity index is 569. The fraction of sp³-hybridized carbons (Fsp3) is 0.350. The molecule has 122 valence electrons. The Morgan fingerprint density at radius 3 is 2.30 bits per heavy atom. The van der Waals surface area contributed by atoms with Gasteiger partial charge in [-0.1, -0.05) is 55.5 Å². The summed E-state index contributed by atoms with van der Waals surface area (Å²) in [5, 5.41) is 2.98. The average molecular weight is 311 g/mol. The van der Waals surface area contributed by atoms with Gasteiger partial charge in [-0.3, -0.25) is 4.79 Å². The van der Waals surface area contributed by atoms with E-state index in [2.05, 4.69) is 29.6 Å². The van der Waals surface area contributed by atoms with Gasteiger partial charge in [0.25, 0.3) is 5.91 Å². The molecule has 0 saturated heterocycles. The maximum Gasteiger partial charge on any atom is 0.261 e. The summed E-state index contributed by atoms with van der Waals surface area (Å²) in [6.45, 7) is 2.66. The van der Waals surface area contributed by atoms with Crippen LogP contribution in [0, 0.1) is 0 Å². The van der Waals surface area contributed by atoms with E-state index in [9.17, 15) is 4.79 Å². The number of aryl methyl sites for hydroxylation is 1. The van der Waals surface area contributed by atoms with Crippen LogP contribution in [0.2, 0.25) is 0 Å². The molecule has 2 aromatic carbocycles. The molecule has 2 rings (SSSR count). The van der Waals surface area contributed by atoms with E-state index in [4.69, 9.17) is 4.74 Å². The van der Waals surface area contributed by atoms with Crippen LogP contribution >= 0.6 is 0 Å². The predicted octanol–water partition coefficient (Wildman–Crippen LogP) is 3.98. The molecular formula is C20H25NO2. The summed E-state index contributed by atoms with van der Waals surface area (Å²) in [7, 11) is 0. The number of hydrogen-bond donors (Lipinski definition) is 1. The summed E-state index contributed by atoms with van der Waals surface area (Å²) in [6, 6.07) is 19.9. The smallest absolute Gasteiger partial charge is 0.261 e. The minimum Gasteiger partial charge on any atom is -0.481 e. The first kappa shape index (κ1) is 17.1. The van der Waals surface area contributed by atoms with Gasteiger partial charge in [-0.15, -0.1) is 0 Å². The minimum absolute atomic E-state index is 0.0314. The highest BCUT2D eigenvalue weighted by Crippen LogP contribution is 2.12. The van der Waals surface area contributed by atoms with E-state index in [1.807, 2.05) is 43.3 Å². The SMILES string of the molecule is CCC(Oc1ccccc1)C(=O)NCCCCc1ccccc1. The Morgan fingerprint density at radius 2 is 1.65 bits per heavy atom. The van der Waals surface area contributed by atoms with Crippen molar-refractivity contribution in [2.75, 3.05) is 6.54 Å². The van der Waals surface area contributed by atoms with Crippen LogP contribution in [0.5, 0.6) is 5.75 Å². The van der Waals surface area contributed by atoms with E-state index in [-0.39, 0.29) is 5.91 Å². The van der Waals surface area contributed by atoms with Crippen LogP contribution in [0.3, 0.4) is 0 Å². The van der Waals surface area contributed by atoms with E-state index in [1.54, 1.807) is 0 Å². The summed E-state index contributed by atoms with van der Waals surface area (Å²) < 4.78 is 5.74. The van der Waals surface area contributed by atoms with Crippen LogP contribution in [-0.4, -0.2) is 18.6 Å². The molecule has 0 radical (unpaired) electrons. The number of para-hydroxylation sites is 1. The molecule has 3 nitrogen and oxygen atoms in total. The van der Waals surface area contributed by atoms with Gasteiger partial charge in [-0.05, 0) is 43.4 Å². The van der Waals surface area contributed by atoms with E-state index in [0.29, 0.717) is 13.0 Å². The number of carbonyl (C=O) groups excluding carboxylic acids is 1. The lowest BCUT2D eigenvalue weighted by Crippen LogP contribution is -2.38. The second kappa shape index (κ2) is 9.67. The zero-order chi connectivity index (χ0) is 16.3. The van der Waals surface area contributed by atoms with E-state index in [1.165, 1.54) is 5.56 Å². The van der Waals surface area contributed by atoms with Crippen molar-refractivity contribution in [1.82, 2.24) is 5.32 Å². The summed E-state index contributed by atoms with van der Waals surface area (Å²) in [5.74, 6) is 0.703. The Morgan fingerprint density at radius 1 is 1.00 bits per heavy atom. The maximum absolute atomic E-state index is 12.2. The molecule has 0 spiro atoms. The molecule has 0 bridgehead atoms. The highest BCUT2D eigenvalue weighted by atomic mass is 16.5. The van der Waals surface area contributed by atoms with Crippen LogP contribution in [-0.2, 0) is 11.2 Å². The number of ether oxygens (including phenoxy) is 1. The van der Waals surface area contributed by atoms with E-state index < -0.39 is 6.10 Å². The summed E-state index contributed by atoms with van der Waals surface area (Å²) in [6.07, 6.45) is 3.33. The number of amides is 1. The zero-order valence-electron chi connectivity index (χ0n) is 13.7. The number of unbranched alkanes of at least 4 members (excludes halogenated alkanes) is 1. The molecule has 0 aromatic heterocycles. The molecule has 3 heteroatoms. The van der Waals surface area contributed by atoms with Crippen molar-refractivity contribution in [3.8, 4) is 5.75 Å². The molecule has 0 aliphatic heterocycles. The maximum atomic E-state index is 12.2. The van der Waals surface area contributed by atoms with Crippen LogP contribution < -0.4 is 10.1 Å². The first-order chi connectivity index (χ1) is 11.3. The van der Waals surface area contributed by atoms with Gasteiger partial charge in [0.2, 0.25) is 0 Å². The number of carbonyl (C=O) groups is 1. The number of benzene rings is 2. The molecule has 23 heavy (non-hydrogen) atoms. The van der Waals surface area contributed by atoms with Crippen LogP contribution in [0.15, 0.2) is 60.7 Å². The van der Waals surface area contributed by atoms with Crippen molar-refractivity contribution < 1.29 is 9.53 Å². The highest BCUT2D eigenvalue weighted by molar-refractivity contribution is 5.81. The molecule has 1 unspecified atom stereocenters. The second-order valence-corrected chi connectivity index (χ2v) is 5.56. The van der Waals surface area contributed by atoms with Gasteiger partial charge in [0.1, 0.15) is 5.75 Å². The van der Waals surface area contributed by atoms with Gasteiger partial charge in [0, 0.05) is 6.54 Å². The van der Waals surface area contributed by atoms with Gasteiger partial charge >= 0.3 is 0 Å². The molecular weight excluding hydrogens is 286 g/mol. The Hall–Kier alpha value is -2.29. The van der Waals surface area contributed by atoms with Gasteiger partial charge in [-0.2, -0.15) is 0 Å².